The van der Waals surface area contributed by atoms with E-state index in [0.29, 0.717) is 19.8 Å². The first-order valence-electron chi connectivity index (χ1n) is 8.03. The predicted molar refractivity (Wildman–Crippen MR) is 93.1 cm³/mol. The number of hydrogen-bond acceptors (Lipinski definition) is 4. The summed E-state index contributed by atoms with van der Waals surface area (Å²) < 4.78 is 17.0. The molecular weight excluding hydrogens is 302 g/mol. The quantitative estimate of drug-likeness (QED) is 0.604. The summed E-state index contributed by atoms with van der Waals surface area (Å²) >= 11 is 0. The molecule has 0 saturated carbocycles. The molecule has 0 saturated heterocycles. The van der Waals surface area contributed by atoms with E-state index in [1.54, 1.807) is 6.26 Å². The molecule has 124 valence electrons. The van der Waals surface area contributed by atoms with Crippen LogP contribution in [0, 0.1) is 0 Å². The van der Waals surface area contributed by atoms with E-state index in [9.17, 15) is 0 Å². The highest BCUT2D eigenvalue weighted by atomic mass is 16.5. The molecule has 0 radical (unpaired) electrons. The molecule has 1 heterocycles. The largest absolute Gasteiger partial charge is 0.488 e. The third-order valence-electron chi connectivity index (χ3n) is 3.50. The topological polar surface area (TPSA) is 43.6 Å². The van der Waals surface area contributed by atoms with Gasteiger partial charge < -0.3 is 19.2 Å². The Bertz CT molecular complexity index is 711. The van der Waals surface area contributed by atoms with Crippen LogP contribution in [0.4, 0.5) is 0 Å². The third kappa shape index (κ3) is 4.89. The number of furan rings is 1. The summed E-state index contributed by atoms with van der Waals surface area (Å²) in [7, 11) is 0. The fourth-order valence-electron chi connectivity index (χ4n) is 2.28. The Morgan fingerprint density at radius 3 is 2.29 bits per heavy atom. The van der Waals surface area contributed by atoms with E-state index in [-0.39, 0.29) is 0 Å². The Hall–Kier alpha value is -2.72. The number of ether oxygens (including phenoxy) is 2. The fourth-order valence-corrected chi connectivity index (χ4v) is 2.28. The second kappa shape index (κ2) is 8.79. The first kappa shape index (κ1) is 16.1. The molecule has 0 aliphatic carbocycles. The SMILES string of the molecule is c1ccc(COc2ccccc2OCCNCc2ccco2)cc1. The van der Waals surface area contributed by atoms with Gasteiger partial charge in [0.1, 0.15) is 19.0 Å². The minimum atomic E-state index is 0.526. The maximum absolute atomic E-state index is 5.88. The molecule has 1 aromatic heterocycles. The smallest absolute Gasteiger partial charge is 0.161 e. The van der Waals surface area contributed by atoms with Crippen LogP contribution in [0.15, 0.2) is 77.4 Å². The van der Waals surface area contributed by atoms with Crippen LogP contribution >= 0.6 is 0 Å². The molecule has 1 N–H and O–H groups in total. The van der Waals surface area contributed by atoms with Crippen molar-refractivity contribution in [2.45, 2.75) is 13.2 Å². The van der Waals surface area contributed by atoms with Crippen LogP contribution in [-0.2, 0) is 13.2 Å². The van der Waals surface area contributed by atoms with Crippen molar-refractivity contribution in [2.24, 2.45) is 0 Å². The first-order valence-corrected chi connectivity index (χ1v) is 8.03. The fraction of sp³-hybridized carbons (Fsp3) is 0.200. The van der Waals surface area contributed by atoms with E-state index in [1.807, 2.05) is 66.7 Å². The van der Waals surface area contributed by atoms with E-state index in [1.165, 1.54) is 0 Å². The summed E-state index contributed by atoms with van der Waals surface area (Å²) in [5, 5.41) is 3.28. The van der Waals surface area contributed by atoms with E-state index >= 15 is 0 Å². The zero-order valence-electron chi connectivity index (χ0n) is 13.5. The van der Waals surface area contributed by atoms with Crippen molar-refractivity contribution in [3.8, 4) is 11.5 Å². The maximum atomic E-state index is 5.88. The third-order valence-corrected chi connectivity index (χ3v) is 3.50. The highest BCUT2D eigenvalue weighted by Gasteiger charge is 2.04. The molecule has 0 unspecified atom stereocenters. The summed E-state index contributed by atoms with van der Waals surface area (Å²) in [4.78, 5) is 0. The van der Waals surface area contributed by atoms with Crippen LogP contribution in [0.2, 0.25) is 0 Å². The normalized spacial score (nSPS) is 10.5. The standard InChI is InChI=1S/C20H21NO3/c1-2-7-17(8-3-1)16-24-20-11-5-4-10-19(20)23-14-12-21-15-18-9-6-13-22-18/h1-11,13,21H,12,14-16H2. The van der Waals surface area contributed by atoms with Gasteiger partial charge in [0.05, 0.1) is 12.8 Å². The van der Waals surface area contributed by atoms with Crippen LogP contribution < -0.4 is 14.8 Å². The first-order chi connectivity index (χ1) is 11.9. The van der Waals surface area contributed by atoms with Gasteiger partial charge >= 0.3 is 0 Å². The van der Waals surface area contributed by atoms with Gasteiger partial charge in [0.25, 0.3) is 0 Å². The summed E-state index contributed by atoms with van der Waals surface area (Å²) in [6, 6.07) is 21.7. The second-order valence-corrected chi connectivity index (χ2v) is 5.33. The lowest BCUT2D eigenvalue weighted by atomic mass is 10.2. The Balaban J connectivity index is 1.45. The molecule has 24 heavy (non-hydrogen) atoms. The van der Waals surface area contributed by atoms with Crippen molar-refractivity contribution in [1.29, 1.82) is 0 Å². The molecule has 0 atom stereocenters. The Morgan fingerprint density at radius 2 is 1.54 bits per heavy atom. The van der Waals surface area contributed by atoms with Crippen molar-refractivity contribution in [3.05, 3.63) is 84.3 Å². The van der Waals surface area contributed by atoms with Gasteiger partial charge in [-0.2, -0.15) is 0 Å². The summed E-state index contributed by atoms with van der Waals surface area (Å²) in [6.45, 7) is 2.51. The van der Waals surface area contributed by atoms with Gasteiger partial charge in [0.15, 0.2) is 11.5 Å². The number of nitrogens with one attached hydrogen (secondary N) is 1. The minimum Gasteiger partial charge on any atom is -0.488 e. The number of para-hydroxylation sites is 2. The zero-order valence-corrected chi connectivity index (χ0v) is 13.5. The van der Waals surface area contributed by atoms with Gasteiger partial charge in [-0.1, -0.05) is 42.5 Å². The summed E-state index contributed by atoms with van der Waals surface area (Å²) in [6.07, 6.45) is 1.67. The molecule has 4 nitrogen and oxygen atoms in total. The molecule has 0 aliphatic rings. The highest BCUT2D eigenvalue weighted by molar-refractivity contribution is 5.39. The summed E-state index contributed by atoms with van der Waals surface area (Å²) in [5.41, 5.74) is 1.13. The van der Waals surface area contributed by atoms with Crippen molar-refractivity contribution < 1.29 is 13.9 Å². The highest BCUT2D eigenvalue weighted by Crippen LogP contribution is 2.27. The molecule has 0 spiro atoms. The lowest BCUT2D eigenvalue weighted by Gasteiger charge is -2.13. The van der Waals surface area contributed by atoms with Gasteiger partial charge in [-0.25, -0.2) is 0 Å². The average Bonchev–Trinajstić information content (AvgIpc) is 3.15. The van der Waals surface area contributed by atoms with Gasteiger partial charge in [-0.05, 0) is 29.8 Å². The molecule has 3 rings (SSSR count). The Morgan fingerprint density at radius 1 is 0.792 bits per heavy atom. The van der Waals surface area contributed by atoms with Crippen molar-refractivity contribution in [3.63, 3.8) is 0 Å². The molecule has 0 bridgehead atoms. The number of rotatable bonds is 9. The van der Waals surface area contributed by atoms with E-state index in [4.69, 9.17) is 13.9 Å². The van der Waals surface area contributed by atoms with Crippen LogP contribution in [-0.4, -0.2) is 13.2 Å². The van der Waals surface area contributed by atoms with Crippen molar-refractivity contribution in [1.82, 2.24) is 5.32 Å². The lowest BCUT2D eigenvalue weighted by molar-refractivity contribution is 0.260. The monoisotopic (exact) mass is 323 g/mol. The maximum Gasteiger partial charge on any atom is 0.161 e. The predicted octanol–water partition coefficient (Wildman–Crippen LogP) is 4.03. The van der Waals surface area contributed by atoms with Crippen molar-refractivity contribution in [2.75, 3.05) is 13.2 Å². The molecule has 0 fully saturated rings. The van der Waals surface area contributed by atoms with E-state index in [2.05, 4.69) is 5.32 Å². The summed E-state index contributed by atoms with van der Waals surface area (Å²) in [5.74, 6) is 2.43. The molecule has 2 aromatic carbocycles. The van der Waals surface area contributed by atoms with Crippen LogP contribution in [0.25, 0.3) is 0 Å². The van der Waals surface area contributed by atoms with Crippen LogP contribution in [0.1, 0.15) is 11.3 Å². The second-order valence-electron chi connectivity index (χ2n) is 5.33. The van der Waals surface area contributed by atoms with Gasteiger partial charge in [0.2, 0.25) is 0 Å². The van der Waals surface area contributed by atoms with Gasteiger partial charge in [-0.15, -0.1) is 0 Å². The molecule has 3 aromatic rings. The minimum absolute atomic E-state index is 0.526. The van der Waals surface area contributed by atoms with Crippen molar-refractivity contribution >= 4 is 0 Å². The number of benzene rings is 2. The van der Waals surface area contributed by atoms with Crippen LogP contribution in [0.3, 0.4) is 0 Å². The van der Waals surface area contributed by atoms with Gasteiger partial charge in [-0.3, -0.25) is 0 Å². The molecular formula is C20H21NO3. The molecule has 4 heteroatoms. The lowest BCUT2D eigenvalue weighted by Crippen LogP contribution is -2.20. The zero-order chi connectivity index (χ0) is 16.5. The van der Waals surface area contributed by atoms with Crippen LogP contribution in [0.5, 0.6) is 11.5 Å². The van der Waals surface area contributed by atoms with Gasteiger partial charge in [0, 0.05) is 6.54 Å². The van der Waals surface area contributed by atoms with E-state index in [0.717, 1.165) is 29.4 Å². The molecule has 0 amide bonds. The van der Waals surface area contributed by atoms with E-state index < -0.39 is 0 Å². The number of hydrogen-bond donors (Lipinski definition) is 1. The Labute approximate surface area is 142 Å². The molecule has 0 aliphatic heterocycles. The average molecular weight is 323 g/mol. The Kier molecular flexibility index (Phi) is 5.92.